The average Bonchev–Trinajstić information content (AvgIpc) is 2.27. The van der Waals surface area contributed by atoms with E-state index in [2.05, 4.69) is 13.8 Å². The molecule has 0 N–H and O–H groups in total. The molecule has 0 bridgehead atoms. The van der Waals surface area contributed by atoms with E-state index in [1.807, 2.05) is 0 Å². The van der Waals surface area contributed by atoms with Gasteiger partial charge in [-0.1, -0.05) is 31.5 Å². The molecule has 0 saturated carbocycles. The molecule has 1 aliphatic heterocycles. The summed E-state index contributed by atoms with van der Waals surface area (Å²) >= 11 is 5.93. The fourth-order valence-electron chi connectivity index (χ4n) is 2.69. The van der Waals surface area contributed by atoms with Gasteiger partial charge in [-0.2, -0.15) is 0 Å². The zero-order valence-electron chi connectivity index (χ0n) is 10.6. The van der Waals surface area contributed by atoms with E-state index in [4.69, 9.17) is 11.6 Å². The van der Waals surface area contributed by atoms with Crippen LogP contribution in [0.15, 0.2) is 18.2 Å². The van der Waals surface area contributed by atoms with Crippen molar-refractivity contribution in [3.63, 3.8) is 0 Å². The van der Waals surface area contributed by atoms with E-state index < -0.39 is 5.82 Å². The second-order valence-electron chi connectivity index (χ2n) is 5.25. The Balaban J connectivity index is 2.26. The van der Waals surface area contributed by atoms with Crippen LogP contribution in [0.5, 0.6) is 0 Å². The van der Waals surface area contributed by atoms with Crippen LogP contribution in [0.2, 0.25) is 5.02 Å². The highest BCUT2D eigenvalue weighted by Gasteiger charge is 2.28. The lowest BCUT2D eigenvalue weighted by molar-refractivity contribution is 0.0618. The van der Waals surface area contributed by atoms with Gasteiger partial charge in [0.25, 0.3) is 5.91 Å². The summed E-state index contributed by atoms with van der Waals surface area (Å²) in [7, 11) is 0. The van der Waals surface area contributed by atoms with Crippen LogP contribution in [0.3, 0.4) is 0 Å². The number of hydrogen-bond donors (Lipinski definition) is 0. The van der Waals surface area contributed by atoms with Crippen LogP contribution in [0.4, 0.5) is 4.39 Å². The molecule has 1 heterocycles. The van der Waals surface area contributed by atoms with Crippen LogP contribution < -0.4 is 0 Å². The first-order chi connectivity index (χ1) is 8.49. The van der Waals surface area contributed by atoms with Crippen molar-refractivity contribution in [2.45, 2.75) is 20.3 Å². The Morgan fingerprint density at radius 2 is 1.94 bits per heavy atom. The Morgan fingerprint density at radius 1 is 1.33 bits per heavy atom. The van der Waals surface area contributed by atoms with E-state index in [1.165, 1.54) is 12.1 Å². The predicted molar refractivity (Wildman–Crippen MR) is 70.3 cm³/mol. The molecule has 98 valence electrons. The van der Waals surface area contributed by atoms with Crippen molar-refractivity contribution in [1.29, 1.82) is 0 Å². The van der Waals surface area contributed by atoms with E-state index in [1.54, 1.807) is 11.0 Å². The van der Waals surface area contributed by atoms with Crippen LogP contribution in [0.1, 0.15) is 30.6 Å². The van der Waals surface area contributed by atoms with Crippen LogP contribution in [0, 0.1) is 17.7 Å². The number of carbonyl (C=O) groups excluding carboxylic acids is 1. The van der Waals surface area contributed by atoms with Gasteiger partial charge < -0.3 is 4.90 Å². The Labute approximate surface area is 112 Å². The molecule has 18 heavy (non-hydrogen) atoms. The molecule has 0 radical (unpaired) electrons. The first-order valence-corrected chi connectivity index (χ1v) is 6.60. The van der Waals surface area contributed by atoms with Gasteiger partial charge in [0, 0.05) is 13.1 Å². The van der Waals surface area contributed by atoms with Crippen molar-refractivity contribution in [2.24, 2.45) is 11.8 Å². The molecule has 2 nitrogen and oxygen atoms in total. The van der Waals surface area contributed by atoms with E-state index in [0.29, 0.717) is 24.9 Å². The van der Waals surface area contributed by atoms with Crippen molar-refractivity contribution in [2.75, 3.05) is 13.1 Å². The predicted octanol–water partition coefficient (Wildman–Crippen LogP) is 3.60. The third-order valence-corrected chi connectivity index (χ3v) is 3.65. The molecule has 1 aromatic carbocycles. The van der Waals surface area contributed by atoms with Crippen LogP contribution in [0.25, 0.3) is 0 Å². The van der Waals surface area contributed by atoms with Crippen molar-refractivity contribution < 1.29 is 9.18 Å². The molecule has 2 atom stereocenters. The molecule has 1 amide bonds. The Hall–Kier alpha value is -1.09. The molecule has 2 unspecified atom stereocenters. The lowest BCUT2D eigenvalue weighted by Crippen LogP contribution is -2.43. The molecular weight excluding hydrogens is 253 g/mol. The van der Waals surface area contributed by atoms with Crippen molar-refractivity contribution in [3.8, 4) is 0 Å². The fraction of sp³-hybridized carbons (Fsp3) is 0.500. The third-order valence-electron chi connectivity index (χ3n) is 3.33. The minimum atomic E-state index is -0.543. The minimum Gasteiger partial charge on any atom is -0.338 e. The Morgan fingerprint density at radius 3 is 2.50 bits per heavy atom. The number of halogens is 2. The SMILES string of the molecule is CC1CC(C)CN(C(=O)c2c(F)cccc2Cl)C1. The number of piperidine rings is 1. The topological polar surface area (TPSA) is 20.3 Å². The zero-order valence-corrected chi connectivity index (χ0v) is 11.4. The van der Waals surface area contributed by atoms with Gasteiger partial charge >= 0.3 is 0 Å². The molecule has 1 fully saturated rings. The second-order valence-corrected chi connectivity index (χ2v) is 5.66. The van der Waals surface area contributed by atoms with E-state index >= 15 is 0 Å². The smallest absolute Gasteiger partial charge is 0.258 e. The van der Waals surface area contributed by atoms with Gasteiger partial charge in [0.2, 0.25) is 0 Å². The van der Waals surface area contributed by atoms with E-state index in [0.717, 1.165) is 6.42 Å². The van der Waals surface area contributed by atoms with Gasteiger partial charge in [0.15, 0.2) is 0 Å². The highest BCUT2D eigenvalue weighted by Crippen LogP contribution is 2.26. The highest BCUT2D eigenvalue weighted by molar-refractivity contribution is 6.33. The van der Waals surface area contributed by atoms with Gasteiger partial charge in [-0.15, -0.1) is 0 Å². The lowest BCUT2D eigenvalue weighted by Gasteiger charge is -2.35. The van der Waals surface area contributed by atoms with Gasteiger partial charge in [0.1, 0.15) is 5.82 Å². The Bertz CT molecular complexity index is 433. The van der Waals surface area contributed by atoms with E-state index in [9.17, 15) is 9.18 Å². The fourth-order valence-corrected chi connectivity index (χ4v) is 2.93. The number of likely N-dealkylation sites (tertiary alicyclic amines) is 1. The number of rotatable bonds is 1. The van der Waals surface area contributed by atoms with Gasteiger partial charge in [-0.05, 0) is 30.4 Å². The molecule has 2 rings (SSSR count). The van der Waals surface area contributed by atoms with Gasteiger partial charge in [-0.25, -0.2) is 4.39 Å². The largest absolute Gasteiger partial charge is 0.338 e. The molecule has 0 aliphatic carbocycles. The van der Waals surface area contributed by atoms with Crippen molar-refractivity contribution in [1.82, 2.24) is 4.90 Å². The molecule has 1 aromatic rings. The quantitative estimate of drug-likeness (QED) is 0.763. The first kappa shape index (κ1) is 13.3. The summed E-state index contributed by atoms with van der Waals surface area (Å²) in [6.45, 7) is 5.57. The average molecular weight is 270 g/mol. The summed E-state index contributed by atoms with van der Waals surface area (Å²) in [4.78, 5) is 14.0. The van der Waals surface area contributed by atoms with Crippen LogP contribution in [-0.4, -0.2) is 23.9 Å². The summed E-state index contributed by atoms with van der Waals surface area (Å²) < 4.78 is 13.7. The zero-order chi connectivity index (χ0) is 13.3. The van der Waals surface area contributed by atoms with Crippen molar-refractivity contribution >= 4 is 17.5 Å². The molecule has 1 aliphatic rings. The number of hydrogen-bond acceptors (Lipinski definition) is 1. The van der Waals surface area contributed by atoms with Crippen LogP contribution >= 0.6 is 11.6 Å². The van der Waals surface area contributed by atoms with Gasteiger partial charge in [0.05, 0.1) is 10.6 Å². The molecule has 0 aromatic heterocycles. The minimum absolute atomic E-state index is 0.000432. The standard InChI is InChI=1S/C14H17ClFNO/c1-9-6-10(2)8-17(7-9)14(18)13-11(15)4-3-5-12(13)16/h3-5,9-10H,6-8H2,1-2H3. The summed E-state index contributed by atoms with van der Waals surface area (Å²) in [6, 6.07) is 4.33. The van der Waals surface area contributed by atoms with Crippen LogP contribution in [-0.2, 0) is 0 Å². The normalized spacial score (nSPS) is 24.1. The summed E-state index contributed by atoms with van der Waals surface area (Å²) in [6.07, 6.45) is 1.11. The monoisotopic (exact) mass is 269 g/mol. The Kier molecular flexibility index (Phi) is 3.91. The highest BCUT2D eigenvalue weighted by atomic mass is 35.5. The maximum Gasteiger partial charge on any atom is 0.258 e. The first-order valence-electron chi connectivity index (χ1n) is 6.22. The number of benzene rings is 1. The third kappa shape index (κ3) is 2.66. The summed E-state index contributed by atoms with van der Waals surface area (Å²) in [5.74, 6) is 0.0568. The maximum absolute atomic E-state index is 13.7. The lowest BCUT2D eigenvalue weighted by atomic mass is 9.91. The molecule has 1 saturated heterocycles. The van der Waals surface area contributed by atoms with E-state index in [-0.39, 0.29) is 16.5 Å². The number of amides is 1. The second kappa shape index (κ2) is 5.27. The van der Waals surface area contributed by atoms with Gasteiger partial charge in [-0.3, -0.25) is 4.79 Å². The number of carbonyl (C=O) groups is 1. The maximum atomic E-state index is 13.7. The molecular formula is C14H17ClFNO. The molecule has 0 spiro atoms. The number of nitrogens with zero attached hydrogens (tertiary/aromatic N) is 1. The molecule has 4 heteroatoms. The summed E-state index contributed by atoms with van der Waals surface area (Å²) in [5.41, 5.74) is 0.000432. The summed E-state index contributed by atoms with van der Waals surface area (Å²) in [5, 5.41) is 0.186. The van der Waals surface area contributed by atoms with Crippen molar-refractivity contribution in [3.05, 3.63) is 34.6 Å².